The summed E-state index contributed by atoms with van der Waals surface area (Å²) in [4.78, 5) is 5.78. The SMILES string of the molecule is OCCn1ncc2c1CN(c1cc(C(F)(F)F)ccn1)C2. The number of nitrogens with zero attached hydrogens (tertiary/aromatic N) is 4. The van der Waals surface area contributed by atoms with E-state index in [9.17, 15) is 13.2 Å². The Hall–Kier alpha value is -2.09. The Kier molecular flexibility index (Phi) is 3.32. The van der Waals surface area contributed by atoms with Gasteiger partial charge in [0, 0.05) is 18.3 Å². The van der Waals surface area contributed by atoms with Crippen LogP contribution in [0.15, 0.2) is 24.5 Å². The highest BCUT2D eigenvalue weighted by Gasteiger charge is 2.32. The molecule has 0 unspecified atom stereocenters. The first kappa shape index (κ1) is 13.9. The van der Waals surface area contributed by atoms with Crippen LogP contribution in [0.1, 0.15) is 16.8 Å². The zero-order valence-electron chi connectivity index (χ0n) is 11.0. The zero-order chi connectivity index (χ0) is 15.0. The third-order valence-electron chi connectivity index (χ3n) is 3.45. The molecule has 0 spiro atoms. The number of rotatable bonds is 3. The van der Waals surface area contributed by atoms with E-state index < -0.39 is 11.7 Å². The Labute approximate surface area is 118 Å². The number of aliphatic hydroxyl groups excluding tert-OH is 1. The minimum absolute atomic E-state index is 0.0318. The minimum Gasteiger partial charge on any atom is -0.394 e. The van der Waals surface area contributed by atoms with Gasteiger partial charge in [0.1, 0.15) is 5.82 Å². The van der Waals surface area contributed by atoms with E-state index in [4.69, 9.17) is 5.11 Å². The van der Waals surface area contributed by atoms with Crippen molar-refractivity contribution < 1.29 is 18.3 Å². The van der Waals surface area contributed by atoms with Gasteiger partial charge >= 0.3 is 6.18 Å². The predicted molar refractivity (Wildman–Crippen MR) is 68.4 cm³/mol. The van der Waals surface area contributed by atoms with E-state index in [1.165, 1.54) is 6.20 Å². The van der Waals surface area contributed by atoms with Crippen LogP contribution < -0.4 is 4.90 Å². The molecule has 0 fully saturated rings. The van der Waals surface area contributed by atoms with Crippen LogP contribution >= 0.6 is 0 Å². The van der Waals surface area contributed by atoms with Gasteiger partial charge in [-0.15, -0.1) is 0 Å². The summed E-state index contributed by atoms with van der Waals surface area (Å²) in [5.74, 6) is 0.288. The van der Waals surface area contributed by atoms with Gasteiger partial charge in [-0.2, -0.15) is 18.3 Å². The number of hydrogen-bond acceptors (Lipinski definition) is 4. The standard InChI is InChI=1S/C13H13F3N4O/c14-13(15,16)10-1-2-17-12(5-10)19-7-9-6-18-20(3-4-21)11(9)8-19/h1-2,5-6,21H,3-4,7-8H2. The summed E-state index contributed by atoms with van der Waals surface area (Å²) < 4.78 is 39.9. The lowest BCUT2D eigenvalue weighted by Crippen LogP contribution is -2.19. The number of anilines is 1. The second kappa shape index (κ2) is 5.03. The molecule has 0 aromatic carbocycles. The van der Waals surface area contributed by atoms with Crippen molar-refractivity contribution in [1.82, 2.24) is 14.8 Å². The van der Waals surface area contributed by atoms with Crippen molar-refractivity contribution in [1.29, 1.82) is 0 Å². The molecular weight excluding hydrogens is 285 g/mol. The number of alkyl halides is 3. The first-order valence-electron chi connectivity index (χ1n) is 6.41. The van der Waals surface area contributed by atoms with Crippen molar-refractivity contribution in [3.05, 3.63) is 41.3 Å². The topological polar surface area (TPSA) is 54.2 Å². The molecule has 0 saturated heterocycles. The van der Waals surface area contributed by atoms with Crippen LogP contribution in [0.5, 0.6) is 0 Å². The molecule has 1 N–H and O–H groups in total. The normalized spacial score (nSPS) is 14.6. The molecule has 5 nitrogen and oxygen atoms in total. The van der Waals surface area contributed by atoms with E-state index in [0.29, 0.717) is 19.6 Å². The van der Waals surface area contributed by atoms with Crippen molar-refractivity contribution in [2.45, 2.75) is 25.8 Å². The van der Waals surface area contributed by atoms with Crippen LogP contribution in [-0.4, -0.2) is 26.5 Å². The first-order valence-corrected chi connectivity index (χ1v) is 6.41. The second-order valence-corrected chi connectivity index (χ2v) is 4.82. The van der Waals surface area contributed by atoms with Crippen LogP contribution in [0.25, 0.3) is 0 Å². The lowest BCUT2D eigenvalue weighted by Gasteiger charge is -2.18. The summed E-state index contributed by atoms with van der Waals surface area (Å²) in [7, 11) is 0. The van der Waals surface area contributed by atoms with Crippen molar-refractivity contribution >= 4 is 5.82 Å². The van der Waals surface area contributed by atoms with Crippen LogP contribution in [-0.2, 0) is 25.8 Å². The number of hydrogen-bond donors (Lipinski definition) is 1. The summed E-state index contributed by atoms with van der Waals surface area (Å²) >= 11 is 0. The van der Waals surface area contributed by atoms with Crippen LogP contribution in [0.3, 0.4) is 0 Å². The number of aliphatic hydroxyl groups is 1. The maximum Gasteiger partial charge on any atom is 0.416 e. The molecule has 2 aromatic heterocycles. The highest BCUT2D eigenvalue weighted by Crippen LogP contribution is 2.33. The Morgan fingerprint density at radius 1 is 1.29 bits per heavy atom. The Balaban J connectivity index is 1.84. The fraction of sp³-hybridized carbons (Fsp3) is 0.385. The lowest BCUT2D eigenvalue weighted by molar-refractivity contribution is -0.137. The van der Waals surface area contributed by atoms with Crippen LogP contribution in [0.4, 0.5) is 19.0 Å². The Morgan fingerprint density at radius 2 is 2.10 bits per heavy atom. The highest BCUT2D eigenvalue weighted by atomic mass is 19.4. The number of pyridine rings is 1. The van der Waals surface area contributed by atoms with Crippen molar-refractivity contribution in [2.24, 2.45) is 0 Å². The molecule has 112 valence electrons. The smallest absolute Gasteiger partial charge is 0.394 e. The van der Waals surface area contributed by atoms with Gasteiger partial charge in [0.15, 0.2) is 0 Å². The van der Waals surface area contributed by atoms with Gasteiger partial charge in [-0.05, 0) is 12.1 Å². The summed E-state index contributed by atoms with van der Waals surface area (Å²) in [5.41, 5.74) is 1.14. The average Bonchev–Trinajstić information content (AvgIpc) is 3.00. The second-order valence-electron chi connectivity index (χ2n) is 4.82. The molecule has 21 heavy (non-hydrogen) atoms. The van der Waals surface area contributed by atoms with Crippen molar-refractivity contribution in [2.75, 3.05) is 11.5 Å². The fourth-order valence-corrected chi connectivity index (χ4v) is 2.42. The third-order valence-corrected chi connectivity index (χ3v) is 3.45. The fourth-order valence-electron chi connectivity index (χ4n) is 2.42. The largest absolute Gasteiger partial charge is 0.416 e. The van der Waals surface area contributed by atoms with Gasteiger partial charge in [-0.1, -0.05) is 0 Å². The Bertz CT molecular complexity index is 653. The summed E-state index contributed by atoms with van der Waals surface area (Å²) in [5, 5.41) is 13.1. The first-order chi connectivity index (χ1) is 9.99. The van der Waals surface area contributed by atoms with E-state index in [1.807, 2.05) is 0 Å². The number of aromatic nitrogens is 3. The molecule has 0 radical (unpaired) electrons. The van der Waals surface area contributed by atoms with Crippen molar-refractivity contribution in [3.8, 4) is 0 Å². The van der Waals surface area contributed by atoms with E-state index in [0.717, 1.165) is 23.4 Å². The number of fused-ring (bicyclic) bond motifs is 1. The van der Waals surface area contributed by atoms with Gasteiger partial charge in [-0.3, -0.25) is 4.68 Å². The molecule has 1 aliphatic rings. The van der Waals surface area contributed by atoms with Gasteiger partial charge in [-0.25, -0.2) is 4.98 Å². The van der Waals surface area contributed by atoms with E-state index in [1.54, 1.807) is 15.8 Å². The zero-order valence-corrected chi connectivity index (χ0v) is 11.0. The summed E-state index contributed by atoms with van der Waals surface area (Å²) in [6.07, 6.45) is -1.53. The molecule has 1 aliphatic heterocycles. The van der Waals surface area contributed by atoms with Gasteiger partial charge in [0.2, 0.25) is 0 Å². The molecule has 0 saturated carbocycles. The molecule has 0 atom stereocenters. The molecule has 3 heterocycles. The Morgan fingerprint density at radius 3 is 2.81 bits per heavy atom. The van der Waals surface area contributed by atoms with Crippen LogP contribution in [0.2, 0.25) is 0 Å². The molecule has 0 amide bonds. The summed E-state index contributed by atoms with van der Waals surface area (Å²) in [6, 6.07) is 2.01. The van der Waals surface area contributed by atoms with Crippen LogP contribution in [0, 0.1) is 0 Å². The van der Waals surface area contributed by atoms with E-state index in [-0.39, 0.29) is 12.4 Å². The quantitative estimate of drug-likeness (QED) is 0.939. The lowest BCUT2D eigenvalue weighted by atomic mass is 10.2. The molecule has 8 heteroatoms. The monoisotopic (exact) mass is 298 g/mol. The maximum atomic E-state index is 12.7. The number of halogens is 3. The molecular formula is C13H13F3N4O. The minimum atomic E-state index is -4.38. The van der Waals surface area contributed by atoms with E-state index in [2.05, 4.69) is 10.1 Å². The van der Waals surface area contributed by atoms with E-state index >= 15 is 0 Å². The van der Waals surface area contributed by atoms with Crippen molar-refractivity contribution in [3.63, 3.8) is 0 Å². The van der Waals surface area contributed by atoms with Gasteiger partial charge < -0.3 is 10.0 Å². The molecule has 0 bridgehead atoms. The average molecular weight is 298 g/mol. The maximum absolute atomic E-state index is 12.7. The van der Waals surface area contributed by atoms with Gasteiger partial charge in [0.25, 0.3) is 0 Å². The summed E-state index contributed by atoms with van der Waals surface area (Å²) in [6.45, 7) is 1.24. The molecule has 0 aliphatic carbocycles. The third kappa shape index (κ3) is 2.58. The highest BCUT2D eigenvalue weighted by molar-refractivity contribution is 5.46. The predicted octanol–water partition coefficient (Wildman–Crippen LogP) is 1.81. The van der Waals surface area contributed by atoms with Gasteiger partial charge in [0.05, 0.1) is 37.2 Å². The molecule has 2 aromatic rings. The molecule has 3 rings (SSSR count).